The van der Waals surface area contributed by atoms with Crippen LogP contribution < -0.4 is 9.47 Å². The van der Waals surface area contributed by atoms with Crippen LogP contribution in [0.2, 0.25) is 0 Å². The summed E-state index contributed by atoms with van der Waals surface area (Å²) in [6.45, 7) is 4.44. The van der Waals surface area contributed by atoms with E-state index in [9.17, 15) is 9.18 Å². The van der Waals surface area contributed by atoms with Gasteiger partial charge in [0.05, 0.1) is 12.7 Å². The van der Waals surface area contributed by atoms with Crippen molar-refractivity contribution in [3.63, 3.8) is 0 Å². The lowest BCUT2D eigenvalue weighted by atomic mass is 10.1. The fraction of sp³-hybridized carbons (Fsp3) is 0.259. The van der Waals surface area contributed by atoms with Crippen LogP contribution in [0.25, 0.3) is 0 Å². The first-order chi connectivity index (χ1) is 16.5. The standard InChI is InChI=1S/C27H26FN3O3/c1-18-7-9-23-25(15-18)34-24-10-8-21(33-2)17-22(24)26(29-23)30-11-4-12-31(14-13-30)27(32)19-5-3-6-20(28)16-19/h3,5-10,15-17H,4,11-14H2,1-2H3. The van der Waals surface area contributed by atoms with E-state index in [0.29, 0.717) is 36.7 Å². The lowest BCUT2D eigenvalue weighted by molar-refractivity contribution is 0.0763. The number of ether oxygens (including phenoxy) is 2. The highest BCUT2D eigenvalue weighted by molar-refractivity contribution is 6.04. The Morgan fingerprint density at radius 1 is 1.00 bits per heavy atom. The van der Waals surface area contributed by atoms with E-state index in [-0.39, 0.29) is 5.91 Å². The molecule has 174 valence electrons. The number of amidine groups is 1. The van der Waals surface area contributed by atoms with Gasteiger partial charge in [0.2, 0.25) is 0 Å². The predicted molar refractivity (Wildman–Crippen MR) is 129 cm³/mol. The van der Waals surface area contributed by atoms with E-state index in [0.717, 1.165) is 41.4 Å². The van der Waals surface area contributed by atoms with E-state index in [2.05, 4.69) is 4.90 Å². The van der Waals surface area contributed by atoms with Gasteiger partial charge in [-0.25, -0.2) is 9.38 Å². The Hall–Kier alpha value is -3.87. The third-order valence-corrected chi connectivity index (χ3v) is 6.14. The summed E-state index contributed by atoms with van der Waals surface area (Å²) in [7, 11) is 1.63. The first-order valence-electron chi connectivity index (χ1n) is 11.4. The zero-order valence-corrected chi connectivity index (χ0v) is 19.3. The van der Waals surface area contributed by atoms with Crippen molar-refractivity contribution in [2.24, 2.45) is 4.99 Å². The molecule has 2 heterocycles. The van der Waals surface area contributed by atoms with Crippen molar-refractivity contribution in [3.05, 3.63) is 83.2 Å². The van der Waals surface area contributed by atoms with Crippen LogP contribution in [0.3, 0.4) is 0 Å². The van der Waals surface area contributed by atoms with Crippen LogP contribution in [0, 0.1) is 12.7 Å². The van der Waals surface area contributed by atoms with E-state index < -0.39 is 5.82 Å². The highest BCUT2D eigenvalue weighted by Crippen LogP contribution is 2.40. The third kappa shape index (κ3) is 4.33. The van der Waals surface area contributed by atoms with E-state index >= 15 is 0 Å². The molecule has 0 saturated carbocycles. The Bertz CT molecular complexity index is 1270. The van der Waals surface area contributed by atoms with Crippen molar-refractivity contribution in [1.82, 2.24) is 9.80 Å². The number of hydrogen-bond donors (Lipinski definition) is 0. The summed E-state index contributed by atoms with van der Waals surface area (Å²) in [6.07, 6.45) is 0.765. The minimum absolute atomic E-state index is 0.157. The number of carbonyl (C=O) groups is 1. The van der Waals surface area contributed by atoms with Crippen molar-refractivity contribution in [2.75, 3.05) is 33.3 Å². The van der Waals surface area contributed by atoms with Crippen molar-refractivity contribution in [2.45, 2.75) is 13.3 Å². The summed E-state index contributed by atoms with van der Waals surface area (Å²) in [5.74, 6) is 2.36. The molecule has 0 radical (unpaired) electrons. The number of rotatable bonds is 2. The number of benzene rings is 3. The van der Waals surface area contributed by atoms with Crippen molar-refractivity contribution < 1.29 is 18.7 Å². The summed E-state index contributed by atoms with van der Waals surface area (Å²) < 4.78 is 25.4. The molecule has 1 fully saturated rings. The second-order valence-electron chi connectivity index (χ2n) is 8.51. The average Bonchev–Trinajstić information content (AvgIpc) is 3.17. The quantitative estimate of drug-likeness (QED) is 0.530. The lowest BCUT2D eigenvalue weighted by Gasteiger charge is -2.25. The maximum absolute atomic E-state index is 13.7. The molecule has 1 saturated heterocycles. The van der Waals surface area contributed by atoms with E-state index in [1.165, 1.54) is 12.1 Å². The molecule has 7 heteroatoms. The number of aliphatic imine (C=N–C) groups is 1. The minimum Gasteiger partial charge on any atom is -0.497 e. The Morgan fingerprint density at radius 3 is 2.71 bits per heavy atom. The zero-order chi connectivity index (χ0) is 23.7. The number of nitrogens with zero attached hydrogens (tertiary/aromatic N) is 3. The monoisotopic (exact) mass is 459 g/mol. The third-order valence-electron chi connectivity index (χ3n) is 6.14. The van der Waals surface area contributed by atoms with Crippen LogP contribution in [0.5, 0.6) is 17.2 Å². The molecule has 0 bridgehead atoms. The van der Waals surface area contributed by atoms with Gasteiger partial charge < -0.3 is 19.3 Å². The highest BCUT2D eigenvalue weighted by Gasteiger charge is 2.27. The second-order valence-corrected chi connectivity index (χ2v) is 8.51. The molecule has 0 spiro atoms. The molecular formula is C27H26FN3O3. The first-order valence-corrected chi connectivity index (χ1v) is 11.4. The molecule has 0 atom stereocenters. The summed E-state index contributed by atoms with van der Waals surface area (Å²) in [5, 5.41) is 0. The van der Waals surface area contributed by atoms with Crippen molar-refractivity contribution in [3.8, 4) is 17.2 Å². The van der Waals surface area contributed by atoms with E-state index in [1.807, 2.05) is 43.3 Å². The fourth-order valence-electron chi connectivity index (χ4n) is 4.37. The second kappa shape index (κ2) is 9.17. The Balaban J connectivity index is 1.47. The Kier molecular flexibility index (Phi) is 5.92. The molecule has 1 amide bonds. The Labute approximate surface area is 198 Å². The molecule has 0 aliphatic carbocycles. The summed E-state index contributed by atoms with van der Waals surface area (Å²) in [4.78, 5) is 22.0. The van der Waals surface area contributed by atoms with E-state index in [4.69, 9.17) is 14.5 Å². The molecule has 2 aliphatic rings. The number of halogens is 1. The van der Waals surface area contributed by atoms with Gasteiger partial charge in [-0.05, 0) is 67.4 Å². The molecule has 0 N–H and O–H groups in total. The lowest BCUT2D eigenvalue weighted by Crippen LogP contribution is -2.37. The predicted octanol–water partition coefficient (Wildman–Crippen LogP) is 5.17. The highest BCUT2D eigenvalue weighted by atomic mass is 19.1. The van der Waals surface area contributed by atoms with Gasteiger partial charge in [0, 0.05) is 31.7 Å². The smallest absolute Gasteiger partial charge is 0.254 e. The first kappa shape index (κ1) is 21.9. The molecule has 6 nitrogen and oxygen atoms in total. The molecule has 5 rings (SSSR count). The van der Waals surface area contributed by atoms with E-state index in [1.54, 1.807) is 24.1 Å². The topological polar surface area (TPSA) is 54.4 Å². The zero-order valence-electron chi connectivity index (χ0n) is 19.3. The number of aryl methyl sites for hydroxylation is 1. The van der Waals surface area contributed by atoms with Crippen LogP contribution in [0.15, 0.2) is 65.7 Å². The maximum atomic E-state index is 13.7. The van der Waals surface area contributed by atoms with Gasteiger partial charge in [-0.15, -0.1) is 0 Å². The van der Waals surface area contributed by atoms with Crippen LogP contribution in [0.1, 0.15) is 27.9 Å². The van der Waals surface area contributed by atoms with Gasteiger partial charge in [0.1, 0.15) is 28.8 Å². The molecule has 0 unspecified atom stereocenters. The van der Waals surface area contributed by atoms with Gasteiger partial charge in [0.15, 0.2) is 5.75 Å². The summed E-state index contributed by atoms with van der Waals surface area (Å²) in [5.41, 5.74) is 3.06. The largest absolute Gasteiger partial charge is 0.497 e. The fourth-order valence-corrected chi connectivity index (χ4v) is 4.37. The van der Waals surface area contributed by atoms with Crippen LogP contribution in [0.4, 0.5) is 10.1 Å². The maximum Gasteiger partial charge on any atom is 0.254 e. The Morgan fingerprint density at radius 2 is 1.88 bits per heavy atom. The number of hydrogen-bond acceptors (Lipinski definition) is 5. The number of carbonyl (C=O) groups excluding carboxylic acids is 1. The SMILES string of the molecule is COc1ccc2c(c1)C(N1CCCN(C(=O)c3cccc(F)c3)CC1)=Nc1ccc(C)cc1O2. The van der Waals surface area contributed by atoms with Crippen LogP contribution in [-0.2, 0) is 0 Å². The van der Waals surface area contributed by atoms with Gasteiger partial charge in [0.25, 0.3) is 5.91 Å². The van der Waals surface area contributed by atoms with Gasteiger partial charge in [-0.3, -0.25) is 4.79 Å². The van der Waals surface area contributed by atoms with Gasteiger partial charge >= 0.3 is 0 Å². The summed E-state index contributed by atoms with van der Waals surface area (Å²) in [6, 6.07) is 17.5. The number of amides is 1. The van der Waals surface area contributed by atoms with Crippen molar-refractivity contribution in [1.29, 1.82) is 0 Å². The molecule has 0 aromatic heterocycles. The van der Waals surface area contributed by atoms with Crippen LogP contribution >= 0.6 is 0 Å². The average molecular weight is 460 g/mol. The molecule has 2 aliphatic heterocycles. The minimum atomic E-state index is -0.408. The van der Waals surface area contributed by atoms with Crippen molar-refractivity contribution >= 4 is 17.4 Å². The summed E-state index contributed by atoms with van der Waals surface area (Å²) >= 11 is 0. The molecule has 34 heavy (non-hydrogen) atoms. The van der Waals surface area contributed by atoms with Crippen LogP contribution in [-0.4, -0.2) is 54.8 Å². The molecule has 3 aromatic rings. The molecular weight excluding hydrogens is 433 g/mol. The van der Waals surface area contributed by atoms with Gasteiger partial charge in [-0.1, -0.05) is 12.1 Å². The number of methoxy groups -OCH3 is 1. The number of fused-ring (bicyclic) bond motifs is 2. The molecule has 3 aromatic carbocycles. The van der Waals surface area contributed by atoms with Gasteiger partial charge in [-0.2, -0.15) is 0 Å². The normalized spacial score (nSPS) is 15.3.